The molecule has 0 spiro atoms. The zero-order valence-corrected chi connectivity index (χ0v) is 7.46. The highest BCUT2D eigenvalue weighted by Gasteiger charge is 2.12. The maximum Gasteiger partial charge on any atom is 0.0915 e. The van der Waals surface area contributed by atoms with Crippen molar-refractivity contribution in [2.45, 2.75) is 19.3 Å². The Morgan fingerprint density at radius 1 is 1.23 bits per heavy atom. The highest BCUT2D eigenvalue weighted by Crippen LogP contribution is 2.29. The quantitative estimate of drug-likeness (QED) is 0.548. The zero-order valence-electron chi connectivity index (χ0n) is 7.46. The fraction of sp³-hybridized carbons (Fsp3) is 0.250. The number of allylic oxidation sites excluding steroid dienone is 2. The van der Waals surface area contributed by atoms with Crippen molar-refractivity contribution in [1.82, 2.24) is 0 Å². The molecule has 1 aliphatic carbocycles. The Morgan fingerprint density at radius 3 is 2.92 bits per heavy atom. The third-order valence-electron chi connectivity index (χ3n) is 2.49. The highest BCUT2D eigenvalue weighted by atomic mass is 14.2. The van der Waals surface area contributed by atoms with Gasteiger partial charge >= 0.3 is 0 Å². The summed E-state index contributed by atoms with van der Waals surface area (Å²) in [6.45, 7) is 0. The summed E-state index contributed by atoms with van der Waals surface area (Å²) in [5, 5.41) is 8.62. The molecule has 1 nitrogen and oxygen atoms in total. The van der Waals surface area contributed by atoms with E-state index >= 15 is 0 Å². The van der Waals surface area contributed by atoms with Crippen LogP contribution in [0.5, 0.6) is 0 Å². The molecule has 1 aromatic carbocycles. The van der Waals surface area contributed by atoms with Crippen molar-refractivity contribution < 1.29 is 0 Å². The van der Waals surface area contributed by atoms with E-state index in [1.807, 2.05) is 6.07 Å². The molecule has 0 fully saturated rings. The molecule has 1 aromatic rings. The first-order chi connectivity index (χ1) is 6.42. The number of hydrogen-bond acceptors (Lipinski definition) is 1. The maximum absolute atomic E-state index is 8.62. The molecule has 13 heavy (non-hydrogen) atoms. The summed E-state index contributed by atoms with van der Waals surface area (Å²) in [4.78, 5) is 0. The molecule has 0 amide bonds. The van der Waals surface area contributed by atoms with Crippen LogP contribution in [0.3, 0.4) is 0 Å². The van der Waals surface area contributed by atoms with Crippen LogP contribution in [0.1, 0.15) is 24.0 Å². The van der Waals surface area contributed by atoms with Gasteiger partial charge in [-0.25, -0.2) is 0 Å². The van der Waals surface area contributed by atoms with E-state index in [1.54, 1.807) is 6.08 Å². The first-order valence-electron chi connectivity index (χ1n) is 4.59. The van der Waals surface area contributed by atoms with E-state index in [0.717, 1.165) is 12.8 Å². The lowest BCUT2D eigenvalue weighted by Crippen LogP contribution is -2.00. The number of fused-ring (bicyclic) bond motifs is 1. The number of aryl methyl sites for hydroxylation is 1. The van der Waals surface area contributed by atoms with E-state index in [4.69, 9.17) is 5.26 Å². The lowest BCUT2D eigenvalue weighted by Gasteiger charge is -2.17. The van der Waals surface area contributed by atoms with Gasteiger partial charge in [0, 0.05) is 6.08 Å². The minimum Gasteiger partial charge on any atom is -0.193 e. The highest BCUT2D eigenvalue weighted by molar-refractivity contribution is 5.71. The van der Waals surface area contributed by atoms with E-state index in [2.05, 4.69) is 24.3 Å². The van der Waals surface area contributed by atoms with Gasteiger partial charge in [-0.15, -0.1) is 0 Å². The topological polar surface area (TPSA) is 23.8 Å². The molecule has 0 aliphatic heterocycles. The first kappa shape index (κ1) is 8.07. The lowest BCUT2D eigenvalue weighted by molar-refractivity contribution is 0.822. The summed E-state index contributed by atoms with van der Waals surface area (Å²) in [7, 11) is 0. The van der Waals surface area contributed by atoms with Crippen LogP contribution < -0.4 is 0 Å². The average Bonchev–Trinajstić information content (AvgIpc) is 2.19. The van der Waals surface area contributed by atoms with E-state index in [1.165, 1.54) is 23.1 Å². The van der Waals surface area contributed by atoms with Crippen molar-refractivity contribution in [3.05, 3.63) is 41.5 Å². The van der Waals surface area contributed by atoms with Gasteiger partial charge < -0.3 is 0 Å². The molecule has 0 radical (unpaired) electrons. The molecule has 0 heterocycles. The number of hydrogen-bond donors (Lipinski definition) is 0. The second-order valence-corrected chi connectivity index (χ2v) is 3.31. The van der Waals surface area contributed by atoms with Gasteiger partial charge in [-0.05, 0) is 36.0 Å². The van der Waals surface area contributed by atoms with Crippen LogP contribution in [0.4, 0.5) is 0 Å². The minimum atomic E-state index is 1.05. The Hall–Kier alpha value is -1.55. The van der Waals surface area contributed by atoms with Gasteiger partial charge in [0.2, 0.25) is 0 Å². The van der Waals surface area contributed by atoms with Crippen LogP contribution in [0.15, 0.2) is 30.3 Å². The predicted octanol–water partition coefficient (Wildman–Crippen LogP) is 2.93. The second-order valence-electron chi connectivity index (χ2n) is 3.31. The van der Waals surface area contributed by atoms with E-state index in [9.17, 15) is 0 Å². The molecule has 0 N–H and O–H groups in total. The van der Waals surface area contributed by atoms with Gasteiger partial charge in [0.05, 0.1) is 6.07 Å². The van der Waals surface area contributed by atoms with Crippen molar-refractivity contribution in [2.75, 3.05) is 0 Å². The van der Waals surface area contributed by atoms with Crippen molar-refractivity contribution in [3.63, 3.8) is 0 Å². The maximum atomic E-state index is 8.62. The van der Waals surface area contributed by atoms with Gasteiger partial charge in [0.1, 0.15) is 0 Å². The van der Waals surface area contributed by atoms with Crippen LogP contribution in [0.25, 0.3) is 5.57 Å². The summed E-state index contributed by atoms with van der Waals surface area (Å²) >= 11 is 0. The Morgan fingerprint density at radius 2 is 2.08 bits per heavy atom. The van der Waals surface area contributed by atoms with E-state index in [-0.39, 0.29) is 0 Å². The molecule has 0 aromatic heterocycles. The molecule has 0 unspecified atom stereocenters. The Balaban J connectivity index is 2.50. The van der Waals surface area contributed by atoms with Crippen molar-refractivity contribution in [2.24, 2.45) is 0 Å². The molecule has 0 atom stereocenters. The molecular formula is C12H11N. The van der Waals surface area contributed by atoms with Gasteiger partial charge in [0.25, 0.3) is 0 Å². The van der Waals surface area contributed by atoms with E-state index < -0.39 is 0 Å². The molecule has 1 aliphatic rings. The fourth-order valence-corrected chi connectivity index (χ4v) is 1.88. The minimum absolute atomic E-state index is 1.05. The Kier molecular flexibility index (Phi) is 2.14. The van der Waals surface area contributed by atoms with Crippen molar-refractivity contribution >= 4 is 5.57 Å². The molecule has 0 bridgehead atoms. The number of rotatable bonds is 0. The summed E-state index contributed by atoms with van der Waals surface area (Å²) in [5.41, 5.74) is 3.86. The molecule has 64 valence electrons. The molecule has 2 rings (SSSR count). The number of nitrogens with zero attached hydrogens (tertiary/aromatic N) is 1. The normalized spacial score (nSPS) is 17.9. The van der Waals surface area contributed by atoms with Crippen LogP contribution >= 0.6 is 0 Å². The van der Waals surface area contributed by atoms with Crippen LogP contribution in [0.2, 0.25) is 0 Å². The summed E-state index contributed by atoms with van der Waals surface area (Å²) < 4.78 is 0. The van der Waals surface area contributed by atoms with Crippen molar-refractivity contribution in [1.29, 1.82) is 5.26 Å². The largest absolute Gasteiger partial charge is 0.193 e. The third-order valence-corrected chi connectivity index (χ3v) is 2.49. The summed E-state index contributed by atoms with van der Waals surface area (Å²) in [6, 6.07) is 10.5. The monoisotopic (exact) mass is 169 g/mol. The second kappa shape index (κ2) is 3.45. The number of benzene rings is 1. The van der Waals surface area contributed by atoms with Crippen LogP contribution in [0, 0.1) is 11.3 Å². The summed E-state index contributed by atoms with van der Waals surface area (Å²) in [6.07, 6.45) is 5.05. The first-order valence-corrected chi connectivity index (χ1v) is 4.59. The third kappa shape index (κ3) is 1.48. The average molecular weight is 169 g/mol. The van der Waals surface area contributed by atoms with Gasteiger partial charge in [-0.2, -0.15) is 5.26 Å². The van der Waals surface area contributed by atoms with Crippen molar-refractivity contribution in [3.8, 4) is 6.07 Å². The van der Waals surface area contributed by atoms with Gasteiger partial charge in [-0.1, -0.05) is 24.3 Å². The van der Waals surface area contributed by atoms with Crippen LogP contribution in [-0.2, 0) is 6.42 Å². The van der Waals surface area contributed by atoms with Gasteiger partial charge in [-0.3, -0.25) is 0 Å². The molecule has 0 saturated heterocycles. The zero-order chi connectivity index (χ0) is 9.10. The SMILES string of the molecule is N#CC=C1CCCc2ccccc21. The summed E-state index contributed by atoms with van der Waals surface area (Å²) in [5.74, 6) is 0. The lowest BCUT2D eigenvalue weighted by atomic mass is 9.87. The number of nitriles is 1. The molecule has 0 saturated carbocycles. The predicted molar refractivity (Wildman–Crippen MR) is 53.0 cm³/mol. The smallest absolute Gasteiger partial charge is 0.0915 e. The Labute approximate surface area is 78.3 Å². The van der Waals surface area contributed by atoms with Gasteiger partial charge in [0.15, 0.2) is 0 Å². The molecular weight excluding hydrogens is 158 g/mol. The Bertz CT molecular complexity index is 382. The standard InChI is InChI=1S/C12H11N/c13-9-8-11-6-3-5-10-4-1-2-7-12(10)11/h1-2,4,7-8H,3,5-6H2. The van der Waals surface area contributed by atoms with Crippen LogP contribution in [-0.4, -0.2) is 0 Å². The van der Waals surface area contributed by atoms with E-state index in [0.29, 0.717) is 0 Å². The fourth-order valence-electron chi connectivity index (χ4n) is 1.88. The molecule has 1 heteroatoms.